The maximum absolute atomic E-state index is 13.5. The number of aromatic amines is 1. The number of hydrogen-bond acceptors (Lipinski definition) is 6. The SMILES string of the molecule is O=C(Nc1ccc(Cl)cc1-c1nnn[nH]1)c1noc2ccc(-c3ccccc3C(F)(F)F)cc12. The zero-order valence-corrected chi connectivity index (χ0v) is 17.6. The molecule has 0 bridgehead atoms. The molecule has 1 amide bonds. The van der Waals surface area contributed by atoms with Gasteiger partial charge in [0.25, 0.3) is 5.91 Å². The van der Waals surface area contributed by atoms with E-state index >= 15 is 0 Å². The maximum Gasteiger partial charge on any atom is 0.417 e. The summed E-state index contributed by atoms with van der Waals surface area (Å²) in [5.74, 6) is -0.370. The number of halogens is 4. The Balaban J connectivity index is 1.54. The van der Waals surface area contributed by atoms with Crippen LogP contribution in [-0.2, 0) is 6.18 Å². The number of aromatic nitrogens is 5. The number of carbonyl (C=O) groups excluding carboxylic acids is 1. The second-order valence-corrected chi connectivity index (χ2v) is 7.62. The van der Waals surface area contributed by atoms with E-state index in [1.807, 2.05) is 0 Å². The fourth-order valence-electron chi connectivity index (χ4n) is 3.53. The highest BCUT2D eigenvalue weighted by Crippen LogP contribution is 2.38. The van der Waals surface area contributed by atoms with Crippen molar-refractivity contribution in [3.63, 3.8) is 0 Å². The number of benzene rings is 3. The quantitative estimate of drug-likeness (QED) is 0.343. The Morgan fingerprint density at radius 1 is 1.03 bits per heavy atom. The Bertz CT molecular complexity index is 1520. The Kier molecular flexibility index (Phi) is 5.25. The summed E-state index contributed by atoms with van der Waals surface area (Å²) in [5.41, 5.74) is 0.358. The molecular formula is C22H12ClF3N6O2. The van der Waals surface area contributed by atoms with E-state index < -0.39 is 17.6 Å². The van der Waals surface area contributed by atoms with Crippen LogP contribution in [0.4, 0.5) is 18.9 Å². The van der Waals surface area contributed by atoms with Crippen molar-refractivity contribution in [2.45, 2.75) is 6.18 Å². The number of fused-ring (bicyclic) bond motifs is 1. The molecule has 0 saturated heterocycles. The second kappa shape index (κ2) is 8.27. The van der Waals surface area contributed by atoms with Gasteiger partial charge in [-0.1, -0.05) is 41.0 Å². The highest BCUT2D eigenvalue weighted by molar-refractivity contribution is 6.31. The van der Waals surface area contributed by atoms with Gasteiger partial charge in [-0.15, -0.1) is 5.10 Å². The first-order valence-corrected chi connectivity index (χ1v) is 10.1. The Morgan fingerprint density at radius 3 is 2.62 bits per heavy atom. The predicted octanol–water partition coefficient (Wildman–Crippen LogP) is 5.60. The summed E-state index contributed by atoms with van der Waals surface area (Å²) in [6, 6.07) is 14.3. The lowest BCUT2D eigenvalue weighted by atomic mass is 9.98. The van der Waals surface area contributed by atoms with Gasteiger partial charge in [-0.05, 0) is 58.0 Å². The zero-order chi connectivity index (χ0) is 23.9. The smallest absolute Gasteiger partial charge is 0.355 e. The highest BCUT2D eigenvalue weighted by Gasteiger charge is 2.33. The van der Waals surface area contributed by atoms with Crippen molar-refractivity contribution in [3.05, 3.63) is 76.9 Å². The molecule has 2 aromatic heterocycles. The number of H-pyrrole nitrogens is 1. The summed E-state index contributed by atoms with van der Waals surface area (Å²) in [6.45, 7) is 0. The van der Waals surface area contributed by atoms with Crippen LogP contribution in [0, 0.1) is 0 Å². The average molecular weight is 485 g/mol. The van der Waals surface area contributed by atoms with Crippen molar-refractivity contribution >= 4 is 34.2 Å². The van der Waals surface area contributed by atoms with Crippen LogP contribution < -0.4 is 5.32 Å². The minimum Gasteiger partial charge on any atom is -0.355 e. The number of rotatable bonds is 4. The van der Waals surface area contributed by atoms with Crippen LogP contribution in [0.3, 0.4) is 0 Å². The van der Waals surface area contributed by atoms with E-state index in [1.165, 1.54) is 36.4 Å². The molecule has 5 rings (SSSR count). The fraction of sp³-hybridized carbons (Fsp3) is 0.0455. The molecule has 2 N–H and O–H groups in total. The summed E-state index contributed by atoms with van der Waals surface area (Å²) in [6.07, 6.45) is -4.54. The molecule has 0 spiro atoms. The van der Waals surface area contributed by atoms with Crippen molar-refractivity contribution < 1.29 is 22.5 Å². The van der Waals surface area contributed by atoms with E-state index in [4.69, 9.17) is 16.1 Å². The molecule has 0 fully saturated rings. The van der Waals surface area contributed by atoms with E-state index in [-0.39, 0.29) is 33.6 Å². The molecule has 170 valence electrons. The minimum absolute atomic E-state index is 0.0257. The third-order valence-electron chi connectivity index (χ3n) is 5.06. The standard InChI is InChI=1S/C22H12ClF3N6O2/c23-12-6-7-17(14(10-12)20-28-31-32-29-20)27-21(33)19-15-9-11(5-8-18(15)34-30-19)13-3-1-2-4-16(13)22(24,25)26/h1-10H,(H,27,33)(H,28,29,31,32). The first-order chi connectivity index (χ1) is 16.3. The Labute approximate surface area is 193 Å². The van der Waals surface area contributed by atoms with Crippen LogP contribution in [0.2, 0.25) is 5.02 Å². The lowest BCUT2D eigenvalue weighted by Crippen LogP contribution is -2.13. The number of alkyl halides is 3. The van der Waals surface area contributed by atoms with Gasteiger partial charge in [0.2, 0.25) is 0 Å². The molecule has 12 heteroatoms. The molecule has 5 aromatic rings. The normalized spacial score (nSPS) is 11.6. The topological polar surface area (TPSA) is 110 Å². The first-order valence-electron chi connectivity index (χ1n) is 9.72. The Morgan fingerprint density at radius 2 is 1.85 bits per heavy atom. The van der Waals surface area contributed by atoms with E-state index in [2.05, 4.69) is 31.1 Å². The van der Waals surface area contributed by atoms with Crippen LogP contribution in [0.1, 0.15) is 16.1 Å². The molecule has 34 heavy (non-hydrogen) atoms. The third kappa shape index (κ3) is 3.97. The number of carbonyl (C=O) groups is 1. The molecule has 0 aliphatic rings. The van der Waals surface area contributed by atoms with Crippen LogP contribution in [0.25, 0.3) is 33.5 Å². The lowest BCUT2D eigenvalue weighted by molar-refractivity contribution is -0.137. The lowest BCUT2D eigenvalue weighted by Gasteiger charge is -2.12. The molecule has 0 aliphatic heterocycles. The van der Waals surface area contributed by atoms with Gasteiger partial charge >= 0.3 is 6.18 Å². The van der Waals surface area contributed by atoms with Gasteiger partial charge in [0, 0.05) is 10.6 Å². The van der Waals surface area contributed by atoms with Crippen molar-refractivity contribution in [1.82, 2.24) is 25.8 Å². The summed E-state index contributed by atoms with van der Waals surface area (Å²) in [4.78, 5) is 13.1. The molecule has 0 radical (unpaired) electrons. The molecule has 0 aliphatic carbocycles. The predicted molar refractivity (Wildman–Crippen MR) is 117 cm³/mol. The number of tetrazole rings is 1. The number of hydrogen-bond donors (Lipinski definition) is 2. The molecule has 0 unspecified atom stereocenters. The highest BCUT2D eigenvalue weighted by atomic mass is 35.5. The minimum atomic E-state index is -4.54. The van der Waals surface area contributed by atoms with Crippen molar-refractivity contribution in [3.8, 4) is 22.5 Å². The monoisotopic (exact) mass is 484 g/mol. The van der Waals surface area contributed by atoms with E-state index in [0.717, 1.165) is 6.07 Å². The number of nitrogens with zero attached hydrogens (tertiary/aromatic N) is 4. The molecule has 0 saturated carbocycles. The van der Waals surface area contributed by atoms with Crippen molar-refractivity contribution in [2.24, 2.45) is 0 Å². The first kappa shape index (κ1) is 21.6. The van der Waals surface area contributed by atoms with Crippen LogP contribution in [0.5, 0.6) is 0 Å². The summed E-state index contributed by atoms with van der Waals surface area (Å²) in [7, 11) is 0. The fourth-order valence-corrected chi connectivity index (χ4v) is 3.70. The summed E-state index contributed by atoms with van der Waals surface area (Å²) >= 11 is 6.07. The third-order valence-corrected chi connectivity index (χ3v) is 5.29. The molecular weight excluding hydrogens is 473 g/mol. The van der Waals surface area contributed by atoms with Gasteiger partial charge < -0.3 is 9.84 Å². The molecule has 8 nitrogen and oxygen atoms in total. The summed E-state index contributed by atoms with van der Waals surface area (Å²) in [5, 5.41) is 20.6. The summed E-state index contributed by atoms with van der Waals surface area (Å²) < 4.78 is 45.7. The van der Waals surface area contributed by atoms with Crippen LogP contribution in [-0.4, -0.2) is 31.7 Å². The van der Waals surface area contributed by atoms with Gasteiger partial charge in [-0.2, -0.15) is 13.2 Å². The van der Waals surface area contributed by atoms with Gasteiger partial charge in [-0.3, -0.25) is 4.79 Å². The largest absolute Gasteiger partial charge is 0.417 e. The Hall–Kier alpha value is -4.25. The van der Waals surface area contributed by atoms with E-state index in [0.29, 0.717) is 16.3 Å². The van der Waals surface area contributed by atoms with Gasteiger partial charge in [0.1, 0.15) is 0 Å². The van der Waals surface area contributed by atoms with Crippen molar-refractivity contribution in [1.29, 1.82) is 0 Å². The molecule has 2 heterocycles. The van der Waals surface area contributed by atoms with Gasteiger partial charge in [0.05, 0.1) is 16.6 Å². The second-order valence-electron chi connectivity index (χ2n) is 7.18. The van der Waals surface area contributed by atoms with Crippen molar-refractivity contribution in [2.75, 3.05) is 5.32 Å². The molecule has 0 atom stereocenters. The number of anilines is 1. The number of amides is 1. The van der Waals surface area contributed by atoms with Crippen LogP contribution >= 0.6 is 11.6 Å². The van der Waals surface area contributed by atoms with E-state index in [9.17, 15) is 18.0 Å². The molecule has 3 aromatic carbocycles. The van der Waals surface area contributed by atoms with Crippen LogP contribution in [0.15, 0.2) is 65.2 Å². The maximum atomic E-state index is 13.5. The average Bonchev–Trinajstić information content (AvgIpc) is 3.49. The zero-order valence-electron chi connectivity index (χ0n) is 16.9. The number of nitrogens with one attached hydrogen (secondary N) is 2. The van der Waals surface area contributed by atoms with Gasteiger partial charge in [-0.25, -0.2) is 5.10 Å². The van der Waals surface area contributed by atoms with E-state index in [1.54, 1.807) is 18.2 Å². The van der Waals surface area contributed by atoms with Gasteiger partial charge in [0.15, 0.2) is 17.1 Å².